The van der Waals surface area contributed by atoms with Gasteiger partial charge < -0.3 is 28.8 Å². The summed E-state index contributed by atoms with van der Waals surface area (Å²) in [4.78, 5) is 31.3. The Labute approximate surface area is 260 Å². The second-order valence-electron chi connectivity index (χ2n) is 10.5. The molecule has 44 heavy (non-hydrogen) atoms. The van der Waals surface area contributed by atoms with Crippen molar-refractivity contribution in [2.75, 3.05) is 51.0 Å². The van der Waals surface area contributed by atoms with Crippen LogP contribution in [0.5, 0.6) is 5.75 Å². The van der Waals surface area contributed by atoms with Crippen LogP contribution in [0, 0.1) is 0 Å². The molecule has 3 unspecified atom stereocenters. The number of esters is 1. The molecule has 5 rings (SSSR count). The summed E-state index contributed by atoms with van der Waals surface area (Å²) in [6.07, 6.45) is 0.232. The number of rotatable bonds is 13. The number of anilines is 1. The van der Waals surface area contributed by atoms with E-state index in [1.807, 2.05) is 46.9 Å². The van der Waals surface area contributed by atoms with Crippen LogP contribution in [0.4, 0.5) is 5.69 Å². The van der Waals surface area contributed by atoms with Crippen molar-refractivity contribution in [3.8, 4) is 5.75 Å². The van der Waals surface area contributed by atoms with Crippen LogP contribution < -0.4 is 14.8 Å². The summed E-state index contributed by atoms with van der Waals surface area (Å²) in [5.74, 6) is -0.755. The Kier molecular flexibility index (Phi) is 10.4. The first kappa shape index (κ1) is 32.2. The van der Waals surface area contributed by atoms with Crippen LogP contribution in [0.15, 0.2) is 52.5 Å². The summed E-state index contributed by atoms with van der Waals surface area (Å²) < 4.78 is 54.2. The number of carbonyl (C=O) groups excluding carboxylic acids is 2. The number of morpholine rings is 1. The maximum Gasteiger partial charge on any atom is 0.310 e. The second-order valence-corrected chi connectivity index (χ2v) is 12.9. The van der Waals surface area contributed by atoms with Crippen LogP contribution >= 0.6 is 11.8 Å². The molecule has 0 aliphatic carbocycles. The summed E-state index contributed by atoms with van der Waals surface area (Å²) in [5.41, 5.74) is 2.16. The minimum Gasteiger partial charge on any atom is -0.487 e. The number of imidazole rings is 1. The number of para-hydroxylation sites is 2. The van der Waals surface area contributed by atoms with E-state index < -0.39 is 34.4 Å². The Morgan fingerprint density at radius 1 is 1.20 bits per heavy atom. The maximum absolute atomic E-state index is 13.7. The Bertz CT molecular complexity index is 1590. The number of hydrogen-bond acceptors (Lipinski definition) is 11. The zero-order valence-electron chi connectivity index (χ0n) is 24.9. The lowest BCUT2D eigenvalue weighted by molar-refractivity contribution is -0.163. The fourth-order valence-electron chi connectivity index (χ4n) is 5.17. The largest absolute Gasteiger partial charge is 0.487 e. The van der Waals surface area contributed by atoms with Crippen LogP contribution in [0.25, 0.3) is 11.0 Å². The zero-order valence-corrected chi connectivity index (χ0v) is 26.5. The van der Waals surface area contributed by atoms with Gasteiger partial charge in [0.15, 0.2) is 5.16 Å². The van der Waals surface area contributed by atoms with E-state index in [4.69, 9.17) is 18.9 Å². The highest BCUT2D eigenvalue weighted by molar-refractivity contribution is 7.98. The van der Waals surface area contributed by atoms with E-state index in [1.54, 1.807) is 6.92 Å². The van der Waals surface area contributed by atoms with Gasteiger partial charge in [0, 0.05) is 31.5 Å². The van der Waals surface area contributed by atoms with Crippen molar-refractivity contribution in [3.05, 3.63) is 42.5 Å². The lowest BCUT2D eigenvalue weighted by Gasteiger charge is -2.26. The molecule has 2 fully saturated rings. The molecule has 1 aromatic heterocycles. The fourth-order valence-corrected chi connectivity index (χ4v) is 7.09. The van der Waals surface area contributed by atoms with Crippen LogP contribution in [-0.4, -0.2) is 98.9 Å². The van der Waals surface area contributed by atoms with E-state index in [2.05, 4.69) is 15.0 Å². The first-order valence-electron chi connectivity index (χ1n) is 14.4. The van der Waals surface area contributed by atoms with Crippen molar-refractivity contribution >= 4 is 50.4 Å². The van der Waals surface area contributed by atoms with Crippen molar-refractivity contribution in [1.82, 2.24) is 19.2 Å². The van der Waals surface area contributed by atoms with E-state index in [1.165, 1.54) is 30.0 Å². The summed E-state index contributed by atoms with van der Waals surface area (Å²) >= 11 is 1.50. The van der Waals surface area contributed by atoms with Crippen LogP contribution in [0.3, 0.4) is 0 Å². The van der Waals surface area contributed by atoms with Gasteiger partial charge in [-0.2, -0.15) is 0 Å². The van der Waals surface area contributed by atoms with E-state index in [0.717, 1.165) is 16.2 Å². The first-order chi connectivity index (χ1) is 21.2. The molecule has 238 valence electrons. The highest BCUT2D eigenvalue weighted by Gasteiger charge is 2.39. The lowest BCUT2D eigenvalue weighted by Crippen LogP contribution is -2.41. The summed E-state index contributed by atoms with van der Waals surface area (Å²) in [5, 5.41) is 3.65. The monoisotopic (exact) mass is 647 g/mol. The number of nitrogens with one attached hydrogen (secondary N) is 2. The number of thioether (sulfide) groups is 1. The van der Waals surface area contributed by atoms with Crippen molar-refractivity contribution in [2.24, 2.45) is 0 Å². The standard InChI is InChI=1S/C29H37N5O8S2/c1-4-40-28-22(16-27(36)42-28)32-44(37,38)25-10-9-20(30-26(35)18-33-11-13-39-14-12-33)15-24(25)41-19(2)17-34-23-8-6-5-7-21(23)31-29(34)43-3/h5-10,15,19,22,28,32H,4,11-14,16-18H2,1-3H3,(H,30,35). The molecule has 3 heterocycles. The molecule has 13 nitrogen and oxygen atoms in total. The second kappa shape index (κ2) is 14.3. The Balaban J connectivity index is 1.40. The predicted molar refractivity (Wildman–Crippen MR) is 164 cm³/mol. The normalized spacial score (nSPS) is 20.0. The Hall–Kier alpha value is -3.21. The minimum absolute atomic E-state index is 0.0440. The Morgan fingerprint density at radius 3 is 2.73 bits per heavy atom. The van der Waals surface area contributed by atoms with Crippen molar-refractivity contribution in [2.45, 2.75) is 55.3 Å². The minimum atomic E-state index is -4.22. The van der Waals surface area contributed by atoms with Crippen LogP contribution in [-0.2, 0) is 40.4 Å². The van der Waals surface area contributed by atoms with Gasteiger partial charge in [0.2, 0.25) is 22.2 Å². The molecule has 2 N–H and O–H groups in total. The average Bonchev–Trinajstić information content (AvgIpc) is 3.51. The highest BCUT2D eigenvalue weighted by Crippen LogP contribution is 2.31. The quantitative estimate of drug-likeness (QED) is 0.208. The molecular formula is C29H37N5O8S2. The van der Waals surface area contributed by atoms with Gasteiger partial charge in [0.25, 0.3) is 0 Å². The molecule has 2 aliphatic heterocycles. The molecule has 0 bridgehead atoms. The zero-order chi connectivity index (χ0) is 31.3. The van der Waals surface area contributed by atoms with E-state index in [0.29, 0.717) is 38.5 Å². The molecule has 2 aromatic carbocycles. The number of fused-ring (bicyclic) bond motifs is 1. The number of sulfonamides is 1. The molecule has 2 saturated heterocycles. The Morgan fingerprint density at radius 2 is 1.98 bits per heavy atom. The highest BCUT2D eigenvalue weighted by atomic mass is 32.2. The number of nitrogens with zero attached hydrogens (tertiary/aromatic N) is 3. The van der Waals surface area contributed by atoms with Crippen LogP contribution in [0.2, 0.25) is 0 Å². The van der Waals surface area contributed by atoms with Crippen molar-refractivity contribution in [1.29, 1.82) is 0 Å². The smallest absolute Gasteiger partial charge is 0.310 e. The average molecular weight is 648 g/mol. The van der Waals surface area contributed by atoms with Gasteiger partial charge >= 0.3 is 5.97 Å². The van der Waals surface area contributed by atoms with Gasteiger partial charge in [-0.05, 0) is 44.4 Å². The van der Waals surface area contributed by atoms with E-state index in [9.17, 15) is 18.0 Å². The molecule has 0 radical (unpaired) electrons. The number of aromatic nitrogens is 2. The van der Waals surface area contributed by atoms with Gasteiger partial charge in [-0.1, -0.05) is 23.9 Å². The number of amides is 1. The van der Waals surface area contributed by atoms with Crippen molar-refractivity contribution in [3.63, 3.8) is 0 Å². The molecule has 3 aromatic rings. The SMILES string of the molecule is CCOC1OC(=O)CC1NS(=O)(=O)c1ccc(NC(=O)CN2CCOCC2)cc1OC(C)Cn1c(SC)nc2ccccc21. The summed E-state index contributed by atoms with van der Waals surface area (Å²) in [6, 6.07) is 11.2. The number of benzene rings is 2. The van der Waals surface area contributed by atoms with Gasteiger partial charge in [-0.15, -0.1) is 0 Å². The molecule has 0 spiro atoms. The molecule has 1 amide bonds. The predicted octanol–water partition coefficient (Wildman–Crippen LogP) is 2.45. The topological polar surface area (TPSA) is 150 Å². The number of ether oxygens (including phenoxy) is 4. The third kappa shape index (κ3) is 7.71. The molecular weight excluding hydrogens is 610 g/mol. The van der Waals surface area contributed by atoms with E-state index >= 15 is 0 Å². The lowest BCUT2D eigenvalue weighted by atomic mass is 10.2. The summed E-state index contributed by atoms with van der Waals surface area (Å²) in [7, 11) is -4.22. The summed E-state index contributed by atoms with van der Waals surface area (Å²) in [6.45, 7) is 6.79. The maximum atomic E-state index is 13.7. The molecule has 15 heteroatoms. The van der Waals surface area contributed by atoms with Crippen molar-refractivity contribution < 1.29 is 37.0 Å². The fraction of sp³-hybridized carbons (Fsp3) is 0.483. The number of carbonyl (C=O) groups is 2. The van der Waals surface area contributed by atoms with Gasteiger partial charge in [-0.3, -0.25) is 14.5 Å². The molecule has 2 aliphatic rings. The third-order valence-electron chi connectivity index (χ3n) is 7.16. The van der Waals surface area contributed by atoms with Gasteiger partial charge in [-0.25, -0.2) is 18.1 Å². The first-order valence-corrected chi connectivity index (χ1v) is 17.1. The van der Waals surface area contributed by atoms with Crippen LogP contribution in [0.1, 0.15) is 20.3 Å². The number of cyclic esters (lactones) is 1. The van der Waals surface area contributed by atoms with Gasteiger partial charge in [0.1, 0.15) is 16.7 Å². The molecule has 3 atom stereocenters. The molecule has 0 saturated carbocycles. The number of hydrogen-bond donors (Lipinski definition) is 2. The van der Waals surface area contributed by atoms with E-state index in [-0.39, 0.29) is 36.1 Å². The third-order valence-corrected chi connectivity index (χ3v) is 9.36. The van der Waals surface area contributed by atoms with Gasteiger partial charge in [0.05, 0.1) is 49.8 Å².